The van der Waals surface area contributed by atoms with Crippen molar-refractivity contribution in [1.82, 2.24) is 9.97 Å². The van der Waals surface area contributed by atoms with Crippen molar-refractivity contribution in [3.63, 3.8) is 0 Å². The van der Waals surface area contributed by atoms with Gasteiger partial charge in [0.15, 0.2) is 0 Å². The summed E-state index contributed by atoms with van der Waals surface area (Å²) < 4.78 is 16.4. The van der Waals surface area contributed by atoms with Crippen LogP contribution in [-0.4, -0.2) is 31.3 Å². The lowest BCUT2D eigenvalue weighted by atomic mass is 9.95. The summed E-state index contributed by atoms with van der Waals surface area (Å²) in [6, 6.07) is 8.45. The quantitative estimate of drug-likeness (QED) is 0.718. The van der Waals surface area contributed by atoms with Crippen molar-refractivity contribution >= 4 is 10.8 Å². The molecule has 0 aliphatic carbocycles. The smallest absolute Gasteiger partial charge is 0.316 e. The van der Waals surface area contributed by atoms with Crippen LogP contribution in [0.5, 0.6) is 17.5 Å². The number of nitrogens with zero attached hydrogens (tertiary/aromatic N) is 2. The Labute approximate surface area is 141 Å². The van der Waals surface area contributed by atoms with E-state index in [0.29, 0.717) is 12.4 Å². The Bertz CT molecular complexity index is 861. The fourth-order valence-electron chi connectivity index (χ4n) is 3.00. The highest BCUT2D eigenvalue weighted by Gasteiger charge is 2.18. The standard InChI is InChI=1S/C19H20N2O3/c1-12-16(9-13-10-20-19(24-4)21-11-13)18(23-3)15-8-6-5-7-14(15)17(12)22-2/h5-8,10-11H,9H2,1-4H3. The molecule has 1 aromatic heterocycles. The molecule has 1 heterocycles. The zero-order chi connectivity index (χ0) is 17.1. The molecule has 0 radical (unpaired) electrons. The van der Waals surface area contributed by atoms with Gasteiger partial charge < -0.3 is 14.2 Å². The molecule has 0 aliphatic rings. The average Bonchev–Trinajstić information content (AvgIpc) is 2.63. The molecule has 5 nitrogen and oxygen atoms in total. The molecule has 5 heteroatoms. The Balaban J connectivity index is 2.16. The van der Waals surface area contributed by atoms with E-state index >= 15 is 0 Å². The van der Waals surface area contributed by atoms with Crippen LogP contribution < -0.4 is 14.2 Å². The van der Waals surface area contributed by atoms with Gasteiger partial charge in [-0.2, -0.15) is 0 Å². The van der Waals surface area contributed by atoms with Crippen molar-refractivity contribution in [2.75, 3.05) is 21.3 Å². The fourth-order valence-corrected chi connectivity index (χ4v) is 3.00. The van der Waals surface area contributed by atoms with E-state index in [4.69, 9.17) is 14.2 Å². The van der Waals surface area contributed by atoms with E-state index < -0.39 is 0 Å². The van der Waals surface area contributed by atoms with Gasteiger partial charge >= 0.3 is 6.01 Å². The SMILES string of the molecule is COc1ncc(Cc2c(C)c(OC)c3ccccc3c2OC)cn1. The highest BCUT2D eigenvalue weighted by Crippen LogP contribution is 2.41. The molecule has 124 valence electrons. The van der Waals surface area contributed by atoms with E-state index in [1.165, 1.54) is 0 Å². The number of hydrogen-bond acceptors (Lipinski definition) is 5. The van der Waals surface area contributed by atoms with Gasteiger partial charge in [-0.15, -0.1) is 0 Å². The third-order valence-electron chi connectivity index (χ3n) is 4.14. The second-order valence-electron chi connectivity index (χ2n) is 5.47. The van der Waals surface area contributed by atoms with Crippen LogP contribution in [0, 0.1) is 6.92 Å². The third kappa shape index (κ3) is 2.73. The topological polar surface area (TPSA) is 53.5 Å². The van der Waals surface area contributed by atoms with Crippen molar-refractivity contribution in [2.45, 2.75) is 13.3 Å². The molecule has 0 saturated heterocycles. The minimum atomic E-state index is 0.360. The Hall–Kier alpha value is -2.82. The molecule has 0 atom stereocenters. The summed E-state index contributed by atoms with van der Waals surface area (Å²) in [7, 11) is 4.94. The van der Waals surface area contributed by atoms with E-state index in [2.05, 4.69) is 9.97 Å². The number of hydrogen-bond donors (Lipinski definition) is 0. The maximum absolute atomic E-state index is 5.73. The first-order valence-electron chi connectivity index (χ1n) is 7.66. The number of aromatic nitrogens is 2. The van der Waals surface area contributed by atoms with Gasteiger partial charge in [-0.1, -0.05) is 24.3 Å². The molecule has 0 saturated carbocycles. The lowest BCUT2D eigenvalue weighted by Crippen LogP contribution is -2.02. The van der Waals surface area contributed by atoms with Crippen LogP contribution in [0.3, 0.4) is 0 Å². The Morgan fingerprint density at radius 1 is 0.833 bits per heavy atom. The zero-order valence-corrected chi connectivity index (χ0v) is 14.3. The summed E-state index contributed by atoms with van der Waals surface area (Å²) in [4.78, 5) is 8.36. The molecule has 0 fully saturated rings. The molecule has 0 N–H and O–H groups in total. The predicted octanol–water partition coefficient (Wildman–Crippen LogP) is 3.55. The van der Waals surface area contributed by atoms with Crippen LogP contribution in [0.2, 0.25) is 0 Å². The van der Waals surface area contributed by atoms with Crippen molar-refractivity contribution < 1.29 is 14.2 Å². The summed E-state index contributed by atoms with van der Waals surface area (Å²) in [5.41, 5.74) is 3.11. The minimum absolute atomic E-state index is 0.360. The highest BCUT2D eigenvalue weighted by atomic mass is 16.5. The maximum Gasteiger partial charge on any atom is 0.316 e. The Morgan fingerprint density at radius 2 is 1.42 bits per heavy atom. The van der Waals surface area contributed by atoms with Gasteiger partial charge in [0.2, 0.25) is 0 Å². The van der Waals surface area contributed by atoms with Crippen molar-refractivity contribution in [1.29, 1.82) is 0 Å². The Kier molecular flexibility index (Phi) is 4.51. The van der Waals surface area contributed by atoms with Crippen LogP contribution in [0.25, 0.3) is 10.8 Å². The number of fused-ring (bicyclic) bond motifs is 1. The van der Waals surface area contributed by atoms with Gasteiger partial charge in [0, 0.05) is 35.2 Å². The van der Waals surface area contributed by atoms with Crippen LogP contribution in [0.1, 0.15) is 16.7 Å². The van der Waals surface area contributed by atoms with Gasteiger partial charge in [0.25, 0.3) is 0 Å². The first-order chi connectivity index (χ1) is 11.7. The monoisotopic (exact) mass is 324 g/mol. The molecule has 0 aliphatic heterocycles. The molecule has 0 spiro atoms. The van der Waals surface area contributed by atoms with Gasteiger partial charge in [-0.25, -0.2) is 9.97 Å². The fraction of sp³-hybridized carbons (Fsp3) is 0.263. The summed E-state index contributed by atoms with van der Waals surface area (Å²) in [5.74, 6) is 1.73. The molecule has 24 heavy (non-hydrogen) atoms. The number of methoxy groups -OCH3 is 3. The summed E-state index contributed by atoms with van der Waals surface area (Å²) in [6.45, 7) is 2.05. The van der Waals surface area contributed by atoms with Gasteiger partial charge in [0.05, 0.1) is 21.3 Å². The molecular formula is C19H20N2O3. The molecule has 0 unspecified atom stereocenters. The second-order valence-corrected chi connectivity index (χ2v) is 5.47. The molecule has 3 rings (SSSR count). The largest absolute Gasteiger partial charge is 0.496 e. The van der Waals surface area contributed by atoms with E-state index in [0.717, 1.165) is 39.0 Å². The van der Waals surface area contributed by atoms with Gasteiger partial charge in [-0.05, 0) is 18.1 Å². The molecule has 3 aromatic rings. The summed E-state index contributed by atoms with van der Waals surface area (Å²) >= 11 is 0. The average molecular weight is 324 g/mol. The van der Waals surface area contributed by atoms with Gasteiger partial charge in [0.1, 0.15) is 11.5 Å². The summed E-state index contributed by atoms with van der Waals surface area (Å²) in [5, 5.41) is 2.08. The lowest BCUT2D eigenvalue weighted by molar-refractivity contribution is 0.379. The normalized spacial score (nSPS) is 10.7. The van der Waals surface area contributed by atoms with E-state index in [1.807, 2.05) is 31.2 Å². The molecule has 0 amide bonds. The molecule has 2 aromatic carbocycles. The minimum Gasteiger partial charge on any atom is -0.496 e. The van der Waals surface area contributed by atoms with Crippen LogP contribution >= 0.6 is 0 Å². The first kappa shape index (κ1) is 16.1. The van der Waals surface area contributed by atoms with Gasteiger partial charge in [-0.3, -0.25) is 0 Å². The van der Waals surface area contributed by atoms with Crippen LogP contribution in [0.4, 0.5) is 0 Å². The maximum atomic E-state index is 5.73. The van der Waals surface area contributed by atoms with E-state index in [1.54, 1.807) is 33.7 Å². The van der Waals surface area contributed by atoms with E-state index in [-0.39, 0.29) is 0 Å². The van der Waals surface area contributed by atoms with E-state index in [9.17, 15) is 0 Å². The predicted molar refractivity (Wildman–Crippen MR) is 93.2 cm³/mol. The van der Waals surface area contributed by atoms with Crippen LogP contribution in [0.15, 0.2) is 36.7 Å². The highest BCUT2D eigenvalue weighted by molar-refractivity contribution is 5.96. The van der Waals surface area contributed by atoms with Crippen molar-refractivity contribution in [3.05, 3.63) is 53.3 Å². The molecule has 0 bridgehead atoms. The molecular weight excluding hydrogens is 304 g/mol. The lowest BCUT2D eigenvalue weighted by Gasteiger charge is -2.18. The number of rotatable bonds is 5. The second kappa shape index (κ2) is 6.74. The number of ether oxygens (including phenoxy) is 3. The third-order valence-corrected chi connectivity index (χ3v) is 4.14. The van der Waals surface area contributed by atoms with Crippen molar-refractivity contribution in [3.8, 4) is 17.5 Å². The number of benzene rings is 2. The zero-order valence-electron chi connectivity index (χ0n) is 14.3. The Morgan fingerprint density at radius 3 is 1.96 bits per heavy atom. The summed E-state index contributed by atoms with van der Waals surface area (Å²) in [6.07, 6.45) is 4.19. The van der Waals surface area contributed by atoms with Crippen molar-refractivity contribution in [2.24, 2.45) is 0 Å². The first-order valence-corrected chi connectivity index (χ1v) is 7.66. The van der Waals surface area contributed by atoms with Crippen LogP contribution in [-0.2, 0) is 6.42 Å².